The van der Waals surface area contributed by atoms with Crippen LogP contribution >= 0.6 is 0 Å². The molecule has 6 heteroatoms. The van der Waals surface area contributed by atoms with Gasteiger partial charge in [0.2, 0.25) is 0 Å². The van der Waals surface area contributed by atoms with E-state index < -0.39 is 12.1 Å². The Kier molecular flexibility index (Phi) is 3.97. The van der Waals surface area contributed by atoms with Gasteiger partial charge in [-0.2, -0.15) is 0 Å². The summed E-state index contributed by atoms with van der Waals surface area (Å²) in [5.74, 6) is 0.323. The van der Waals surface area contributed by atoms with E-state index in [-0.39, 0.29) is 18.1 Å². The minimum Gasteiger partial charge on any atom is -0.508 e. The molecule has 1 aliphatic heterocycles. The molecule has 0 amide bonds. The van der Waals surface area contributed by atoms with Crippen LogP contribution in [0.25, 0.3) is 0 Å². The highest BCUT2D eigenvalue weighted by Crippen LogP contribution is 2.36. The van der Waals surface area contributed by atoms with E-state index in [0.717, 1.165) is 0 Å². The fraction of sp³-hybridized carbons (Fsp3) is 0.235. The van der Waals surface area contributed by atoms with Gasteiger partial charge < -0.3 is 24.4 Å². The fourth-order valence-electron chi connectivity index (χ4n) is 2.46. The Hall–Kier alpha value is -2.89. The van der Waals surface area contributed by atoms with Crippen LogP contribution in [0.2, 0.25) is 0 Å². The number of phenols is 2. The summed E-state index contributed by atoms with van der Waals surface area (Å²) in [5, 5.41) is 19.3. The van der Waals surface area contributed by atoms with Gasteiger partial charge in [0, 0.05) is 24.1 Å². The summed E-state index contributed by atoms with van der Waals surface area (Å²) in [6, 6.07) is 9.33. The van der Waals surface area contributed by atoms with Crippen LogP contribution in [0.15, 0.2) is 36.4 Å². The molecule has 0 saturated heterocycles. The zero-order valence-corrected chi connectivity index (χ0v) is 12.5. The summed E-state index contributed by atoms with van der Waals surface area (Å²) >= 11 is 0. The molecule has 2 aromatic rings. The number of fused-ring (bicyclic) bond motifs is 1. The van der Waals surface area contributed by atoms with E-state index in [1.165, 1.54) is 19.2 Å². The normalized spacial score (nSPS) is 16.1. The second kappa shape index (κ2) is 6.08. The second-order valence-electron chi connectivity index (χ2n) is 5.22. The molecule has 1 aliphatic rings. The number of phenolic OH excluding ortho intramolecular Hbond substituents is 2. The standard InChI is InChI=1S/C17H16O6/c1-21-12-4-2-3-10(5-12)17(20)23-13-8-14-15(19)6-11(18)7-16(14)22-9-13/h2-7,13,18-19H,8-9H2,1H3. The summed E-state index contributed by atoms with van der Waals surface area (Å²) < 4.78 is 16.0. The lowest BCUT2D eigenvalue weighted by molar-refractivity contribution is 0.0128. The Balaban J connectivity index is 1.73. The molecule has 0 aliphatic carbocycles. The lowest BCUT2D eigenvalue weighted by atomic mass is 10.0. The van der Waals surface area contributed by atoms with Crippen LogP contribution < -0.4 is 9.47 Å². The molecule has 23 heavy (non-hydrogen) atoms. The molecule has 120 valence electrons. The van der Waals surface area contributed by atoms with E-state index in [9.17, 15) is 15.0 Å². The molecule has 3 rings (SSSR count). The maximum absolute atomic E-state index is 12.2. The van der Waals surface area contributed by atoms with E-state index in [0.29, 0.717) is 29.0 Å². The number of methoxy groups -OCH3 is 1. The van der Waals surface area contributed by atoms with Crippen molar-refractivity contribution in [1.82, 2.24) is 0 Å². The van der Waals surface area contributed by atoms with Crippen molar-refractivity contribution in [2.75, 3.05) is 13.7 Å². The third-order valence-corrected chi connectivity index (χ3v) is 3.61. The fourth-order valence-corrected chi connectivity index (χ4v) is 2.46. The first-order valence-corrected chi connectivity index (χ1v) is 7.09. The first-order chi connectivity index (χ1) is 11.1. The third-order valence-electron chi connectivity index (χ3n) is 3.61. The summed E-state index contributed by atoms with van der Waals surface area (Å²) in [5.41, 5.74) is 0.891. The molecule has 6 nitrogen and oxygen atoms in total. The molecule has 0 radical (unpaired) electrons. The van der Waals surface area contributed by atoms with Crippen LogP contribution in [0.1, 0.15) is 15.9 Å². The van der Waals surface area contributed by atoms with Crippen LogP contribution in [0.5, 0.6) is 23.0 Å². The number of carbonyl (C=O) groups excluding carboxylic acids is 1. The van der Waals surface area contributed by atoms with Crippen LogP contribution in [0.3, 0.4) is 0 Å². The van der Waals surface area contributed by atoms with Crippen molar-refractivity contribution in [1.29, 1.82) is 0 Å². The molecule has 1 atom stereocenters. The molecular formula is C17H16O6. The molecule has 0 saturated carbocycles. The maximum atomic E-state index is 12.2. The van der Waals surface area contributed by atoms with Gasteiger partial charge in [-0.25, -0.2) is 4.79 Å². The molecule has 2 N–H and O–H groups in total. The molecule has 1 unspecified atom stereocenters. The third kappa shape index (κ3) is 3.15. The molecule has 0 fully saturated rings. The SMILES string of the molecule is COc1cccc(C(=O)OC2COc3cc(O)cc(O)c3C2)c1. The first kappa shape index (κ1) is 15.0. The summed E-state index contributed by atoms with van der Waals surface area (Å²) in [6.07, 6.45) is -0.200. The predicted octanol–water partition coefficient (Wildman–Crippen LogP) is 2.27. The highest BCUT2D eigenvalue weighted by Gasteiger charge is 2.26. The van der Waals surface area contributed by atoms with Crippen molar-refractivity contribution in [3.05, 3.63) is 47.5 Å². The Labute approximate surface area is 132 Å². The van der Waals surface area contributed by atoms with E-state index in [2.05, 4.69) is 0 Å². The molecule has 0 aromatic heterocycles. The average molecular weight is 316 g/mol. The predicted molar refractivity (Wildman–Crippen MR) is 81.2 cm³/mol. The Bertz CT molecular complexity index is 740. The van der Waals surface area contributed by atoms with Crippen LogP contribution in [0, 0.1) is 0 Å². The summed E-state index contributed by atoms with van der Waals surface area (Å²) in [7, 11) is 1.52. The van der Waals surface area contributed by atoms with Crippen LogP contribution in [-0.4, -0.2) is 36.0 Å². The van der Waals surface area contributed by atoms with Gasteiger partial charge in [0.1, 0.15) is 35.7 Å². The number of aromatic hydroxyl groups is 2. The summed E-state index contributed by atoms with van der Waals surface area (Å²) in [4.78, 5) is 12.2. The zero-order chi connectivity index (χ0) is 16.4. The van der Waals surface area contributed by atoms with Gasteiger partial charge in [0.25, 0.3) is 0 Å². The monoisotopic (exact) mass is 316 g/mol. The highest BCUT2D eigenvalue weighted by atomic mass is 16.6. The molecular weight excluding hydrogens is 300 g/mol. The van der Waals surface area contributed by atoms with E-state index in [1.807, 2.05) is 0 Å². The quantitative estimate of drug-likeness (QED) is 0.845. The van der Waals surface area contributed by atoms with Gasteiger partial charge >= 0.3 is 5.97 Å². The van der Waals surface area contributed by atoms with Crippen molar-refractivity contribution in [3.8, 4) is 23.0 Å². The van der Waals surface area contributed by atoms with Crippen molar-refractivity contribution in [2.24, 2.45) is 0 Å². The number of hydrogen-bond acceptors (Lipinski definition) is 6. The summed E-state index contributed by atoms with van der Waals surface area (Å²) in [6.45, 7) is 0.158. The second-order valence-corrected chi connectivity index (χ2v) is 5.22. The Morgan fingerprint density at radius 1 is 1.26 bits per heavy atom. The average Bonchev–Trinajstić information content (AvgIpc) is 2.55. The van der Waals surface area contributed by atoms with Gasteiger partial charge in [-0.05, 0) is 18.2 Å². The minimum absolute atomic E-state index is 0.0759. The minimum atomic E-state index is -0.517. The Morgan fingerprint density at radius 3 is 2.87 bits per heavy atom. The van der Waals surface area contributed by atoms with E-state index >= 15 is 0 Å². The van der Waals surface area contributed by atoms with Crippen molar-refractivity contribution < 1.29 is 29.2 Å². The highest BCUT2D eigenvalue weighted by molar-refractivity contribution is 5.90. The number of benzene rings is 2. The Morgan fingerprint density at radius 2 is 2.09 bits per heavy atom. The smallest absolute Gasteiger partial charge is 0.338 e. The number of rotatable bonds is 3. The van der Waals surface area contributed by atoms with Gasteiger partial charge in [-0.3, -0.25) is 0 Å². The molecule has 2 aromatic carbocycles. The largest absolute Gasteiger partial charge is 0.508 e. The van der Waals surface area contributed by atoms with E-state index in [1.54, 1.807) is 24.3 Å². The van der Waals surface area contributed by atoms with Crippen molar-refractivity contribution in [3.63, 3.8) is 0 Å². The van der Waals surface area contributed by atoms with Crippen LogP contribution in [-0.2, 0) is 11.2 Å². The topological polar surface area (TPSA) is 85.2 Å². The van der Waals surface area contributed by atoms with Gasteiger partial charge in [-0.15, -0.1) is 0 Å². The molecule has 0 bridgehead atoms. The van der Waals surface area contributed by atoms with Gasteiger partial charge in [-0.1, -0.05) is 6.07 Å². The van der Waals surface area contributed by atoms with E-state index in [4.69, 9.17) is 14.2 Å². The first-order valence-electron chi connectivity index (χ1n) is 7.09. The van der Waals surface area contributed by atoms with Crippen LogP contribution in [0.4, 0.5) is 0 Å². The molecule has 0 spiro atoms. The zero-order valence-electron chi connectivity index (χ0n) is 12.5. The maximum Gasteiger partial charge on any atom is 0.338 e. The molecule has 1 heterocycles. The van der Waals surface area contributed by atoms with Crippen molar-refractivity contribution in [2.45, 2.75) is 12.5 Å². The number of carbonyl (C=O) groups is 1. The lowest BCUT2D eigenvalue weighted by Gasteiger charge is -2.26. The number of esters is 1. The number of hydrogen-bond donors (Lipinski definition) is 2. The number of ether oxygens (including phenoxy) is 3. The van der Waals surface area contributed by atoms with Crippen molar-refractivity contribution >= 4 is 5.97 Å². The lowest BCUT2D eigenvalue weighted by Crippen LogP contribution is -2.31. The van der Waals surface area contributed by atoms with Gasteiger partial charge in [0.15, 0.2) is 0 Å². The van der Waals surface area contributed by atoms with Gasteiger partial charge in [0.05, 0.1) is 12.7 Å².